The molecule has 0 unspecified atom stereocenters. The quantitative estimate of drug-likeness (QED) is 0.589. The van der Waals surface area contributed by atoms with Crippen LogP contribution in [0.25, 0.3) is 0 Å². The minimum atomic E-state index is 0.299. The average molecular weight is 237 g/mol. The van der Waals surface area contributed by atoms with Crippen LogP contribution in [0.4, 0.5) is 0 Å². The highest BCUT2D eigenvalue weighted by molar-refractivity contribution is 7.99. The summed E-state index contributed by atoms with van der Waals surface area (Å²) in [5.41, 5.74) is 0.883. The molecule has 76 valence electrons. The summed E-state index contributed by atoms with van der Waals surface area (Å²) in [6.07, 6.45) is 0. The lowest BCUT2D eigenvalue weighted by atomic mass is 10.4. The highest BCUT2D eigenvalue weighted by Crippen LogP contribution is 2.26. The fourth-order valence-corrected chi connectivity index (χ4v) is 2.34. The molecule has 0 aliphatic carbocycles. The van der Waals surface area contributed by atoms with E-state index in [1.807, 2.05) is 43.3 Å². The number of benzene rings is 1. The minimum absolute atomic E-state index is 0.299. The van der Waals surface area contributed by atoms with E-state index in [0.717, 1.165) is 15.6 Å². The molecule has 0 radical (unpaired) electrons. The third-order valence-electron chi connectivity index (χ3n) is 1.77. The summed E-state index contributed by atoms with van der Waals surface area (Å²) in [6.45, 7) is 1.91. The fraction of sp³-hybridized carbons (Fsp3) is 0.0909. The average Bonchev–Trinajstić information content (AvgIpc) is 2.17. The van der Waals surface area contributed by atoms with Crippen LogP contribution in [-0.2, 0) is 0 Å². The molecule has 1 aromatic carbocycles. The number of hydrogen-bond donors (Lipinski definition) is 0. The number of nitrogens with zero attached hydrogens (tertiary/aromatic N) is 2. The van der Waals surface area contributed by atoms with Crippen LogP contribution in [0.15, 0.2) is 46.3 Å². The molecule has 0 aliphatic rings. The van der Waals surface area contributed by atoms with Crippen molar-refractivity contribution in [3.8, 4) is 0 Å². The van der Waals surface area contributed by atoms with E-state index in [2.05, 4.69) is 9.97 Å². The zero-order valence-corrected chi connectivity index (χ0v) is 9.72. The van der Waals surface area contributed by atoms with Gasteiger partial charge in [-0.15, -0.1) is 0 Å². The van der Waals surface area contributed by atoms with E-state index in [9.17, 15) is 0 Å². The minimum Gasteiger partial charge on any atom is -0.223 e. The topological polar surface area (TPSA) is 25.8 Å². The summed E-state index contributed by atoms with van der Waals surface area (Å²) in [6, 6.07) is 12.0. The number of aryl methyl sites for hydroxylation is 1. The first-order chi connectivity index (χ1) is 7.24. The van der Waals surface area contributed by atoms with Crippen molar-refractivity contribution in [1.82, 2.24) is 9.97 Å². The lowest BCUT2D eigenvalue weighted by Gasteiger charge is -2.01. The molecule has 0 amide bonds. The summed E-state index contributed by atoms with van der Waals surface area (Å²) in [4.78, 5) is 9.31. The maximum Gasteiger partial charge on any atom is 0.223 e. The van der Waals surface area contributed by atoms with Crippen molar-refractivity contribution >= 4 is 23.4 Å². The summed E-state index contributed by atoms with van der Waals surface area (Å²) in [5, 5.41) is 1.17. The number of aromatic nitrogens is 2. The highest BCUT2D eigenvalue weighted by atomic mass is 35.5. The van der Waals surface area contributed by atoms with Crippen LogP contribution < -0.4 is 0 Å². The third kappa shape index (κ3) is 2.94. The monoisotopic (exact) mass is 236 g/mol. The molecule has 0 fully saturated rings. The Morgan fingerprint density at radius 1 is 1.13 bits per heavy atom. The Balaban J connectivity index is 2.25. The van der Waals surface area contributed by atoms with Crippen molar-refractivity contribution in [3.63, 3.8) is 0 Å². The van der Waals surface area contributed by atoms with Gasteiger partial charge in [0.25, 0.3) is 0 Å². The zero-order valence-electron chi connectivity index (χ0n) is 8.14. The second-order valence-corrected chi connectivity index (χ2v) is 4.46. The zero-order chi connectivity index (χ0) is 10.7. The molecule has 0 saturated heterocycles. The van der Waals surface area contributed by atoms with Gasteiger partial charge in [0.05, 0.1) is 0 Å². The normalized spacial score (nSPS) is 10.3. The van der Waals surface area contributed by atoms with Gasteiger partial charge in [-0.25, -0.2) is 9.97 Å². The molecule has 1 heterocycles. The Hall–Kier alpha value is -1.06. The van der Waals surface area contributed by atoms with Crippen molar-refractivity contribution < 1.29 is 0 Å². The van der Waals surface area contributed by atoms with Crippen LogP contribution in [0.2, 0.25) is 5.28 Å². The predicted molar refractivity (Wildman–Crippen MR) is 62.3 cm³/mol. The molecule has 15 heavy (non-hydrogen) atoms. The Morgan fingerprint density at radius 2 is 1.87 bits per heavy atom. The van der Waals surface area contributed by atoms with E-state index >= 15 is 0 Å². The van der Waals surface area contributed by atoms with Crippen molar-refractivity contribution in [1.29, 1.82) is 0 Å². The first-order valence-electron chi connectivity index (χ1n) is 4.48. The molecule has 2 aromatic rings. The molecule has 1 aromatic heterocycles. The van der Waals surface area contributed by atoms with Gasteiger partial charge in [0.2, 0.25) is 5.28 Å². The SMILES string of the molecule is Cc1cc(Sc2ccccc2)nc(Cl)n1. The molecule has 0 saturated carbocycles. The molecular weight excluding hydrogens is 228 g/mol. The van der Waals surface area contributed by atoms with E-state index < -0.39 is 0 Å². The lowest BCUT2D eigenvalue weighted by molar-refractivity contribution is 1.01. The van der Waals surface area contributed by atoms with E-state index in [0.29, 0.717) is 5.28 Å². The summed E-state index contributed by atoms with van der Waals surface area (Å²) < 4.78 is 0. The molecule has 0 spiro atoms. The van der Waals surface area contributed by atoms with Gasteiger partial charge in [-0.3, -0.25) is 0 Å². The Labute approximate surface area is 97.7 Å². The van der Waals surface area contributed by atoms with Gasteiger partial charge in [-0.2, -0.15) is 0 Å². The third-order valence-corrected chi connectivity index (χ3v) is 2.86. The molecule has 2 nitrogen and oxygen atoms in total. The van der Waals surface area contributed by atoms with Crippen LogP contribution >= 0.6 is 23.4 Å². The van der Waals surface area contributed by atoms with Gasteiger partial charge >= 0.3 is 0 Å². The number of rotatable bonds is 2. The van der Waals surface area contributed by atoms with E-state index in [1.54, 1.807) is 11.8 Å². The summed E-state index contributed by atoms with van der Waals surface area (Å²) in [5.74, 6) is 0. The van der Waals surface area contributed by atoms with Crippen LogP contribution in [0, 0.1) is 6.92 Å². The number of halogens is 1. The smallest absolute Gasteiger partial charge is 0.223 e. The van der Waals surface area contributed by atoms with Crippen molar-refractivity contribution in [2.45, 2.75) is 16.8 Å². The van der Waals surface area contributed by atoms with Gasteiger partial charge < -0.3 is 0 Å². The Bertz CT molecular complexity index is 439. The van der Waals surface area contributed by atoms with Gasteiger partial charge in [-0.1, -0.05) is 30.0 Å². The standard InChI is InChI=1S/C11H9ClN2S/c1-8-7-10(14-11(12)13-8)15-9-5-3-2-4-6-9/h2-7H,1H3. The van der Waals surface area contributed by atoms with Crippen molar-refractivity contribution in [3.05, 3.63) is 47.4 Å². The lowest BCUT2D eigenvalue weighted by Crippen LogP contribution is -1.88. The van der Waals surface area contributed by atoms with Gasteiger partial charge in [0, 0.05) is 10.6 Å². The van der Waals surface area contributed by atoms with Crippen molar-refractivity contribution in [2.24, 2.45) is 0 Å². The maximum atomic E-state index is 5.78. The summed E-state index contributed by atoms with van der Waals surface area (Å²) >= 11 is 7.36. The van der Waals surface area contributed by atoms with Gasteiger partial charge in [-0.05, 0) is 36.7 Å². The first-order valence-corrected chi connectivity index (χ1v) is 5.67. The van der Waals surface area contributed by atoms with Crippen LogP contribution in [0.5, 0.6) is 0 Å². The molecule has 0 bridgehead atoms. The van der Waals surface area contributed by atoms with Gasteiger partial charge in [0.15, 0.2) is 0 Å². The van der Waals surface area contributed by atoms with Crippen LogP contribution in [0.3, 0.4) is 0 Å². The van der Waals surface area contributed by atoms with E-state index in [1.165, 1.54) is 0 Å². The van der Waals surface area contributed by atoms with Gasteiger partial charge in [0.1, 0.15) is 5.03 Å². The van der Waals surface area contributed by atoms with Crippen molar-refractivity contribution in [2.75, 3.05) is 0 Å². The fourth-order valence-electron chi connectivity index (χ4n) is 1.17. The molecule has 4 heteroatoms. The molecule has 0 atom stereocenters. The molecule has 2 rings (SSSR count). The Kier molecular flexibility index (Phi) is 3.23. The summed E-state index contributed by atoms with van der Waals surface area (Å²) in [7, 11) is 0. The second kappa shape index (κ2) is 4.64. The van der Waals surface area contributed by atoms with E-state index in [4.69, 9.17) is 11.6 Å². The molecule has 0 N–H and O–H groups in total. The Morgan fingerprint density at radius 3 is 2.53 bits per heavy atom. The number of hydrogen-bond acceptors (Lipinski definition) is 3. The van der Waals surface area contributed by atoms with Crippen LogP contribution in [-0.4, -0.2) is 9.97 Å². The van der Waals surface area contributed by atoms with E-state index in [-0.39, 0.29) is 0 Å². The molecule has 0 aliphatic heterocycles. The maximum absolute atomic E-state index is 5.78. The largest absolute Gasteiger partial charge is 0.223 e. The highest BCUT2D eigenvalue weighted by Gasteiger charge is 2.01. The molecular formula is C11H9ClN2S. The van der Waals surface area contributed by atoms with Crippen LogP contribution in [0.1, 0.15) is 5.69 Å². The first kappa shape index (κ1) is 10.5. The predicted octanol–water partition coefficient (Wildman–Crippen LogP) is 3.59. The second-order valence-electron chi connectivity index (χ2n) is 3.03.